The van der Waals surface area contributed by atoms with E-state index in [0.29, 0.717) is 27.6 Å². The van der Waals surface area contributed by atoms with E-state index in [1.54, 1.807) is 30.8 Å². The third-order valence-electron chi connectivity index (χ3n) is 5.35. The van der Waals surface area contributed by atoms with Crippen molar-refractivity contribution in [2.45, 2.75) is 13.0 Å². The van der Waals surface area contributed by atoms with Crippen molar-refractivity contribution in [3.05, 3.63) is 82.7 Å². The predicted octanol–water partition coefficient (Wildman–Crippen LogP) is 4.34. The number of nitrogens with one attached hydrogen (secondary N) is 1. The summed E-state index contributed by atoms with van der Waals surface area (Å²) in [5, 5.41) is 8.29. The van der Waals surface area contributed by atoms with Crippen molar-refractivity contribution in [3.8, 4) is 16.9 Å². The summed E-state index contributed by atoms with van der Waals surface area (Å²) in [6.07, 6.45) is 1.83. The quantitative estimate of drug-likeness (QED) is 0.617. The van der Waals surface area contributed by atoms with E-state index in [2.05, 4.69) is 5.32 Å². The van der Waals surface area contributed by atoms with Crippen LogP contribution in [0.25, 0.3) is 16.9 Å². The van der Waals surface area contributed by atoms with Crippen LogP contribution in [0.5, 0.6) is 0 Å². The van der Waals surface area contributed by atoms with Gasteiger partial charge in [0, 0.05) is 35.1 Å². The molecule has 2 heterocycles. The molecule has 31 heavy (non-hydrogen) atoms. The first kappa shape index (κ1) is 20.7. The third kappa shape index (κ3) is 3.80. The lowest BCUT2D eigenvalue weighted by molar-refractivity contribution is -0.136. The van der Waals surface area contributed by atoms with Crippen LogP contribution in [0, 0.1) is 0 Å². The van der Waals surface area contributed by atoms with E-state index in [0.717, 1.165) is 11.3 Å². The number of carbonyl (C=O) groups is 2. The van der Waals surface area contributed by atoms with E-state index >= 15 is 0 Å². The number of esters is 1. The molecule has 3 aromatic rings. The number of benzene rings is 2. The fourth-order valence-electron chi connectivity index (χ4n) is 3.59. The fraction of sp³-hybridized carbons (Fsp3) is 0.174. The molecule has 1 atom stereocenters. The lowest BCUT2D eigenvalue weighted by atomic mass is 9.93. The van der Waals surface area contributed by atoms with Gasteiger partial charge in [0.2, 0.25) is 0 Å². The Balaban J connectivity index is 1.93. The largest absolute Gasteiger partial charge is 0.466 e. The van der Waals surface area contributed by atoms with Gasteiger partial charge in [-0.2, -0.15) is 5.10 Å². The SMILES string of the molecule is COC(=O)C1=C(C)N(C)C(=O)N[C@@H]1c1cn(-c2ccccc2)nc1-c1ccc(Cl)cc1. The van der Waals surface area contributed by atoms with Crippen molar-refractivity contribution >= 4 is 23.6 Å². The number of ether oxygens (including phenoxy) is 1. The molecule has 2 aromatic carbocycles. The summed E-state index contributed by atoms with van der Waals surface area (Å²) in [6, 6.07) is 15.8. The van der Waals surface area contributed by atoms with Crippen molar-refractivity contribution in [1.29, 1.82) is 0 Å². The molecule has 2 amide bonds. The van der Waals surface area contributed by atoms with Crippen LogP contribution in [-0.4, -0.2) is 40.8 Å². The number of methoxy groups -OCH3 is 1. The normalized spacial score (nSPS) is 16.3. The maximum absolute atomic E-state index is 12.7. The van der Waals surface area contributed by atoms with Gasteiger partial charge in [0.25, 0.3) is 0 Å². The Morgan fingerprint density at radius 3 is 2.45 bits per heavy atom. The number of halogens is 1. The predicted molar refractivity (Wildman–Crippen MR) is 118 cm³/mol. The average Bonchev–Trinajstić information content (AvgIpc) is 3.23. The maximum Gasteiger partial charge on any atom is 0.337 e. The zero-order chi connectivity index (χ0) is 22.1. The van der Waals surface area contributed by atoms with Crippen LogP contribution in [0.2, 0.25) is 5.02 Å². The van der Waals surface area contributed by atoms with Crippen molar-refractivity contribution in [2.24, 2.45) is 0 Å². The fourth-order valence-corrected chi connectivity index (χ4v) is 3.71. The molecule has 8 heteroatoms. The maximum atomic E-state index is 12.7. The molecular formula is C23H21ClN4O3. The molecule has 1 aromatic heterocycles. The lowest BCUT2D eigenvalue weighted by Crippen LogP contribution is -2.46. The molecule has 0 saturated carbocycles. The number of hydrogen-bond donors (Lipinski definition) is 1. The van der Waals surface area contributed by atoms with Crippen LogP contribution < -0.4 is 5.32 Å². The minimum atomic E-state index is -0.723. The summed E-state index contributed by atoms with van der Waals surface area (Å²) in [5.74, 6) is -0.510. The number of aromatic nitrogens is 2. The standard InChI is InChI=1S/C23H21ClN4O3/c1-14-19(22(29)31-3)21(25-23(30)27(14)2)18-13-28(17-7-5-4-6-8-17)26-20(18)15-9-11-16(24)12-10-15/h4-13,21H,1-3H3,(H,25,30)/t21-/m1/s1. The van der Waals surface area contributed by atoms with Crippen LogP contribution in [0.4, 0.5) is 4.79 Å². The first-order chi connectivity index (χ1) is 14.9. The number of urea groups is 1. The molecule has 158 valence electrons. The number of allylic oxidation sites excluding steroid dienone is 1. The number of hydrogen-bond acceptors (Lipinski definition) is 4. The molecule has 0 fully saturated rings. The third-order valence-corrected chi connectivity index (χ3v) is 5.60. The number of amides is 2. The van der Waals surface area contributed by atoms with Gasteiger partial charge in [0.05, 0.1) is 30.1 Å². The lowest BCUT2D eigenvalue weighted by Gasteiger charge is -2.32. The molecular weight excluding hydrogens is 416 g/mol. The summed E-state index contributed by atoms with van der Waals surface area (Å²) < 4.78 is 6.76. The Labute approximate surface area is 184 Å². The molecule has 0 bridgehead atoms. The first-order valence-corrected chi connectivity index (χ1v) is 10.0. The zero-order valence-electron chi connectivity index (χ0n) is 17.3. The molecule has 0 saturated heterocycles. The van der Waals surface area contributed by atoms with Crippen molar-refractivity contribution < 1.29 is 14.3 Å². The second-order valence-electron chi connectivity index (χ2n) is 7.15. The van der Waals surface area contributed by atoms with Crippen molar-refractivity contribution in [3.63, 3.8) is 0 Å². The van der Waals surface area contributed by atoms with Crippen molar-refractivity contribution in [2.75, 3.05) is 14.2 Å². The zero-order valence-corrected chi connectivity index (χ0v) is 18.1. The highest BCUT2D eigenvalue weighted by atomic mass is 35.5. The van der Waals surface area contributed by atoms with E-state index in [1.165, 1.54) is 12.0 Å². The van der Waals surface area contributed by atoms with Gasteiger partial charge < -0.3 is 15.0 Å². The van der Waals surface area contributed by atoms with E-state index in [4.69, 9.17) is 21.4 Å². The van der Waals surface area contributed by atoms with Crippen LogP contribution in [-0.2, 0) is 9.53 Å². The van der Waals surface area contributed by atoms with Gasteiger partial charge in [-0.1, -0.05) is 41.9 Å². The molecule has 0 radical (unpaired) electrons. The van der Waals surface area contributed by atoms with Gasteiger partial charge in [0.1, 0.15) is 0 Å². The smallest absolute Gasteiger partial charge is 0.337 e. The molecule has 4 rings (SSSR count). The van der Waals surface area contributed by atoms with Crippen LogP contribution >= 0.6 is 11.6 Å². The Morgan fingerprint density at radius 1 is 1.13 bits per heavy atom. The summed E-state index contributed by atoms with van der Waals surface area (Å²) in [7, 11) is 2.93. The Hall–Kier alpha value is -3.58. The van der Waals surface area contributed by atoms with Gasteiger partial charge in [-0.25, -0.2) is 14.3 Å². The number of nitrogens with zero attached hydrogens (tertiary/aromatic N) is 3. The average molecular weight is 437 g/mol. The molecule has 0 unspecified atom stereocenters. The van der Waals surface area contributed by atoms with Crippen LogP contribution in [0.1, 0.15) is 18.5 Å². The summed E-state index contributed by atoms with van der Waals surface area (Å²) in [6.45, 7) is 1.72. The molecule has 1 aliphatic rings. The van der Waals surface area contributed by atoms with Gasteiger partial charge in [-0.15, -0.1) is 0 Å². The van der Waals surface area contributed by atoms with Crippen LogP contribution in [0.15, 0.2) is 72.1 Å². The van der Waals surface area contributed by atoms with E-state index in [-0.39, 0.29) is 6.03 Å². The molecule has 0 spiro atoms. The number of rotatable bonds is 4. The van der Waals surface area contributed by atoms with Gasteiger partial charge in [-0.3, -0.25) is 0 Å². The Bertz CT molecular complexity index is 1170. The minimum absolute atomic E-state index is 0.315. The first-order valence-electron chi connectivity index (χ1n) is 9.65. The second kappa shape index (κ2) is 8.28. The molecule has 1 aliphatic heterocycles. The van der Waals surface area contributed by atoms with E-state index < -0.39 is 12.0 Å². The summed E-state index contributed by atoms with van der Waals surface area (Å²) >= 11 is 6.07. The van der Waals surface area contributed by atoms with Gasteiger partial charge in [-0.05, 0) is 31.2 Å². The minimum Gasteiger partial charge on any atom is -0.466 e. The van der Waals surface area contributed by atoms with Gasteiger partial charge >= 0.3 is 12.0 Å². The Morgan fingerprint density at radius 2 is 1.81 bits per heavy atom. The number of para-hydroxylation sites is 1. The molecule has 1 N–H and O–H groups in total. The molecule has 7 nitrogen and oxygen atoms in total. The molecule has 0 aliphatic carbocycles. The van der Waals surface area contributed by atoms with Gasteiger partial charge in [0.15, 0.2) is 0 Å². The topological polar surface area (TPSA) is 76.5 Å². The summed E-state index contributed by atoms with van der Waals surface area (Å²) in [4.78, 5) is 26.7. The number of carbonyl (C=O) groups excluding carboxylic acids is 2. The highest BCUT2D eigenvalue weighted by Gasteiger charge is 2.37. The van der Waals surface area contributed by atoms with Crippen molar-refractivity contribution in [1.82, 2.24) is 20.0 Å². The van der Waals surface area contributed by atoms with E-state index in [1.807, 2.05) is 48.7 Å². The monoisotopic (exact) mass is 436 g/mol. The highest BCUT2D eigenvalue weighted by Crippen LogP contribution is 2.36. The Kier molecular flexibility index (Phi) is 5.52. The van der Waals surface area contributed by atoms with Crippen LogP contribution in [0.3, 0.4) is 0 Å². The highest BCUT2D eigenvalue weighted by molar-refractivity contribution is 6.30. The summed E-state index contributed by atoms with van der Waals surface area (Å²) in [5.41, 5.74) is 3.84. The second-order valence-corrected chi connectivity index (χ2v) is 7.59. The van der Waals surface area contributed by atoms with E-state index in [9.17, 15) is 9.59 Å².